The second-order valence-electron chi connectivity index (χ2n) is 5.19. The minimum Gasteiger partial charge on any atom is -0.484 e. The smallest absolute Gasteiger partial charge is 0.422 e. The Morgan fingerprint density at radius 1 is 1.08 bits per heavy atom. The van der Waals surface area contributed by atoms with Crippen molar-refractivity contribution in [3.05, 3.63) is 69.6 Å². The lowest BCUT2D eigenvalue weighted by Crippen LogP contribution is -2.33. The number of rotatable bonds is 4. The molecule has 7 nitrogen and oxygen atoms in total. The number of ether oxygens (including phenoxy) is 1. The maximum atomic E-state index is 12.3. The van der Waals surface area contributed by atoms with Gasteiger partial charge in [-0.2, -0.15) is 23.4 Å². The number of halogens is 3. The molecule has 0 atom stereocenters. The van der Waals surface area contributed by atoms with Gasteiger partial charge in [0.2, 0.25) is 0 Å². The Kier molecular flexibility index (Phi) is 4.57. The van der Waals surface area contributed by atoms with Crippen molar-refractivity contribution >= 4 is 0 Å². The number of hydrogen-bond acceptors (Lipinski definition) is 5. The van der Waals surface area contributed by atoms with Crippen LogP contribution in [0.25, 0.3) is 16.9 Å². The van der Waals surface area contributed by atoms with E-state index in [1.54, 1.807) is 6.07 Å². The molecule has 1 aromatic carbocycles. The van der Waals surface area contributed by atoms with Gasteiger partial charge in [0.25, 0.3) is 5.56 Å². The molecule has 3 aromatic rings. The highest BCUT2D eigenvalue weighted by Crippen LogP contribution is 2.19. The molecule has 26 heavy (non-hydrogen) atoms. The number of benzene rings is 1. The van der Waals surface area contributed by atoms with E-state index in [0.717, 1.165) is 4.57 Å². The molecular formula is C16H11F3N4O3. The fourth-order valence-corrected chi connectivity index (χ4v) is 2.20. The first kappa shape index (κ1) is 17.4. The monoisotopic (exact) mass is 364 g/mol. The Labute approximate surface area is 143 Å². The summed E-state index contributed by atoms with van der Waals surface area (Å²) in [6.07, 6.45) is -1.65. The van der Waals surface area contributed by atoms with E-state index in [0.29, 0.717) is 5.56 Å². The molecule has 0 radical (unpaired) electrons. The summed E-state index contributed by atoms with van der Waals surface area (Å²) in [5.41, 5.74) is -0.332. The van der Waals surface area contributed by atoms with Gasteiger partial charge in [0.15, 0.2) is 6.61 Å². The predicted octanol–water partition coefficient (Wildman–Crippen LogP) is 1.92. The molecule has 0 fully saturated rings. The van der Waals surface area contributed by atoms with E-state index in [4.69, 9.17) is 0 Å². The predicted molar refractivity (Wildman–Crippen MR) is 85.2 cm³/mol. The van der Waals surface area contributed by atoms with Gasteiger partial charge in [0.05, 0.1) is 23.8 Å². The van der Waals surface area contributed by atoms with Crippen LogP contribution in [0.5, 0.6) is 5.75 Å². The van der Waals surface area contributed by atoms with Gasteiger partial charge in [-0.05, 0) is 30.3 Å². The quantitative estimate of drug-likeness (QED) is 0.764. The molecule has 3 rings (SSSR count). The van der Waals surface area contributed by atoms with E-state index < -0.39 is 24.0 Å². The lowest BCUT2D eigenvalue weighted by Gasteiger charge is -2.10. The molecular weight excluding hydrogens is 353 g/mol. The molecule has 134 valence electrons. The molecule has 0 aliphatic rings. The maximum Gasteiger partial charge on any atom is 0.422 e. The highest BCUT2D eigenvalue weighted by atomic mass is 19.4. The number of H-pyrrole nitrogens is 1. The summed E-state index contributed by atoms with van der Waals surface area (Å²) in [6, 6.07) is 7.91. The Morgan fingerprint density at radius 3 is 2.38 bits per heavy atom. The third-order valence-corrected chi connectivity index (χ3v) is 3.33. The first-order chi connectivity index (χ1) is 12.3. The molecule has 10 heteroatoms. The minimum atomic E-state index is -4.45. The molecule has 0 saturated carbocycles. The van der Waals surface area contributed by atoms with Crippen molar-refractivity contribution < 1.29 is 17.9 Å². The van der Waals surface area contributed by atoms with Crippen molar-refractivity contribution in [1.82, 2.24) is 19.7 Å². The van der Waals surface area contributed by atoms with Crippen LogP contribution in [0.3, 0.4) is 0 Å². The molecule has 2 heterocycles. The molecule has 1 N–H and O–H groups in total. The van der Waals surface area contributed by atoms with Crippen LogP contribution >= 0.6 is 0 Å². The number of nitrogens with zero attached hydrogens (tertiary/aromatic N) is 3. The van der Waals surface area contributed by atoms with E-state index >= 15 is 0 Å². The fraction of sp³-hybridized carbons (Fsp3) is 0.125. The lowest BCUT2D eigenvalue weighted by molar-refractivity contribution is -0.153. The van der Waals surface area contributed by atoms with Crippen LogP contribution in [-0.4, -0.2) is 32.5 Å². The minimum absolute atomic E-state index is 0.0324. The van der Waals surface area contributed by atoms with Crippen molar-refractivity contribution in [3.63, 3.8) is 0 Å². The summed E-state index contributed by atoms with van der Waals surface area (Å²) in [5, 5.41) is 7.28. The maximum absolute atomic E-state index is 12.3. The standard InChI is InChI=1S/C16H11F3N4O3/c17-16(18,19)9-26-12-3-1-11(2-4-12)23-14(24)7-13(22-15(23)25)10-5-6-20-21-8-10/h1-8H,9H2,(H,22,25). The second kappa shape index (κ2) is 6.82. The highest BCUT2D eigenvalue weighted by Gasteiger charge is 2.28. The number of nitrogens with one attached hydrogen (secondary N) is 1. The van der Waals surface area contributed by atoms with Crippen molar-refractivity contribution in [1.29, 1.82) is 0 Å². The first-order valence-corrected chi connectivity index (χ1v) is 7.27. The van der Waals surface area contributed by atoms with Crippen LogP contribution < -0.4 is 16.0 Å². The average Bonchev–Trinajstić information content (AvgIpc) is 2.60. The van der Waals surface area contributed by atoms with Crippen molar-refractivity contribution in [2.75, 3.05) is 6.61 Å². The van der Waals surface area contributed by atoms with E-state index in [-0.39, 0.29) is 17.1 Å². The number of aromatic nitrogens is 4. The Bertz CT molecular complexity index is 981. The van der Waals surface area contributed by atoms with Gasteiger partial charge in [0.1, 0.15) is 5.75 Å². The van der Waals surface area contributed by atoms with Gasteiger partial charge in [0, 0.05) is 11.6 Å². The molecule has 0 saturated heterocycles. The number of hydrogen-bond donors (Lipinski definition) is 1. The second-order valence-corrected chi connectivity index (χ2v) is 5.19. The highest BCUT2D eigenvalue weighted by molar-refractivity contribution is 5.56. The van der Waals surface area contributed by atoms with Gasteiger partial charge in [-0.3, -0.25) is 4.79 Å². The van der Waals surface area contributed by atoms with Gasteiger partial charge in [-0.15, -0.1) is 0 Å². The SMILES string of the molecule is O=c1cc(-c2ccnnc2)[nH]c(=O)n1-c1ccc(OCC(F)(F)F)cc1. The largest absolute Gasteiger partial charge is 0.484 e. The summed E-state index contributed by atoms with van der Waals surface area (Å²) in [6.45, 7) is -1.43. The van der Waals surface area contributed by atoms with Gasteiger partial charge < -0.3 is 9.72 Å². The molecule has 2 aromatic heterocycles. The summed E-state index contributed by atoms with van der Waals surface area (Å²) in [5.74, 6) is -0.0324. The number of alkyl halides is 3. The molecule has 0 bridgehead atoms. The Hall–Kier alpha value is -3.43. The number of aromatic amines is 1. The van der Waals surface area contributed by atoms with Crippen molar-refractivity contribution in [2.24, 2.45) is 0 Å². The van der Waals surface area contributed by atoms with E-state index in [1.807, 2.05) is 0 Å². The van der Waals surface area contributed by atoms with Gasteiger partial charge in [-0.1, -0.05) is 0 Å². The van der Waals surface area contributed by atoms with E-state index in [9.17, 15) is 22.8 Å². The zero-order valence-electron chi connectivity index (χ0n) is 13.0. The summed E-state index contributed by atoms with van der Waals surface area (Å²) >= 11 is 0. The van der Waals surface area contributed by atoms with Crippen LogP contribution in [0.15, 0.2) is 58.4 Å². The summed E-state index contributed by atoms with van der Waals surface area (Å²) in [4.78, 5) is 27.1. The van der Waals surface area contributed by atoms with Crippen molar-refractivity contribution in [2.45, 2.75) is 6.18 Å². The lowest BCUT2D eigenvalue weighted by atomic mass is 10.2. The van der Waals surface area contributed by atoms with E-state index in [2.05, 4.69) is 19.9 Å². The van der Waals surface area contributed by atoms with Gasteiger partial charge in [-0.25, -0.2) is 9.36 Å². The molecule has 0 aliphatic carbocycles. The van der Waals surface area contributed by atoms with E-state index in [1.165, 1.54) is 42.7 Å². The first-order valence-electron chi connectivity index (χ1n) is 7.27. The molecule has 0 spiro atoms. The zero-order valence-corrected chi connectivity index (χ0v) is 13.0. The van der Waals surface area contributed by atoms with Crippen molar-refractivity contribution in [3.8, 4) is 22.7 Å². The fourth-order valence-electron chi connectivity index (χ4n) is 2.20. The zero-order chi connectivity index (χ0) is 18.7. The normalized spacial score (nSPS) is 11.3. The third kappa shape index (κ3) is 3.97. The van der Waals surface area contributed by atoms with Crippen LogP contribution in [-0.2, 0) is 0 Å². The Morgan fingerprint density at radius 2 is 1.81 bits per heavy atom. The Balaban J connectivity index is 1.90. The van der Waals surface area contributed by atoms with Crippen LogP contribution in [0, 0.1) is 0 Å². The van der Waals surface area contributed by atoms with Crippen LogP contribution in [0.1, 0.15) is 0 Å². The summed E-state index contributed by atoms with van der Waals surface area (Å²) < 4.78 is 41.9. The van der Waals surface area contributed by atoms with Crippen LogP contribution in [0.4, 0.5) is 13.2 Å². The third-order valence-electron chi connectivity index (χ3n) is 3.33. The molecule has 0 amide bonds. The van der Waals surface area contributed by atoms with Crippen LogP contribution in [0.2, 0.25) is 0 Å². The van der Waals surface area contributed by atoms with Gasteiger partial charge >= 0.3 is 11.9 Å². The summed E-state index contributed by atoms with van der Waals surface area (Å²) in [7, 11) is 0. The topological polar surface area (TPSA) is 89.9 Å². The molecule has 0 unspecified atom stereocenters. The average molecular weight is 364 g/mol. The molecule has 0 aliphatic heterocycles.